The smallest absolute Gasteiger partial charge is 1.00 e. The first-order chi connectivity index (χ1) is 13.1. The van der Waals surface area contributed by atoms with Gasteiger partial charge in [0.05, 0.1) is 0 Å². The Bertz CT molecular complexity index is 981. The van der Waals surface area contributed by atoms with Gasteiger partial charge in [-0.3, -0.25) is 0 Å². The second-order valence-corrected chi connectivity index (χ2v) is 10.1. The fourth-order valence-corrected chi connectivity index (χ4v) is 7.94. The molecule has 2 aliphatic rings. The van der Waals surface area contributed by atoms with Crippen molar-refractivity contribution in [2.24, 2.45) is 0 Å². The minimum Gasteiger partial charge on any atom is -1.00 e. The van der Waals surface area contributed by atoms with Crippen LogP contribution in [0.5, 0.6) is 0 Å². The van der Waals surface area contributed by atoms with Crippen molar-refractivity contribution in [3.63, 3.8) is 0 Å². The van der Waals surface area contributed by atoms with Gasteiger partial charge in [-0.1, -0.05) is 0 Å². The Morgan fingerprint density at radius 2 is 0.931 bits per heavy atom. The average molecular weight is 497 g/mol. The maximum Gasteiger partial charge on any atom is -1.00 e. The molecule has 0 bridgehead atoms. The Kier molecular flexibility index (Phi) is 8.06. The maximum atomic E-state index is 4.38. The summed E-state index contributed by atoms with van der Waals surface area (Å²) in [7, 11) is 0. The van der Waals surface area contributed by atoms with E-state index >= 15 is 0 Å². The van der Waals surface area contributed by atoms with E-state index in [-0.39, 0.29) is 24.8 Å². The first-order valence-electron chi connectivity index (χ1n) is 9.18. The summed E-state index contributed by atoms with van der Waals surface area (Å²) < 4.78 is 2.96. The summed E-state index contributed by atoms with van der Waals surface area (Å²) in [5.74, 6) is 0. The molecule has 3 heteroatoms. The predicted octanol–water partition coefficient (Wildman–Crippen LogP) is 0.932. The molecule has 144 valence electrons. The summed E-state index contributed by atoms with van der Waals surface area (Å²) in [5.41, 5.74) is 10.4. The molecule has 0 amide bonds. The van der Waals surface area contributed by atoms with Crippen LogP contribution in [0.25, 0.3) is 11.1 Å². The first-order valence-corrected chi connectivity index (χ1v) is 11.6. The van der Waals surface area contributed by atoms with E-state index in [1.54, 1.807) is 0 Å². The zero-order valence-electron chi connectivity index (χ0n) is 16.6. The monoisotopic (exact) mass is 494 g/mol. The molecule has 2 aromatic rings. The van der Waals surface area contributed by atoms with Crippen LogP contribution in [0.1, 0.15) is 25.0 Å². The van der Waals surface area contributed by atoms with E-state index in [2.05, 4.69) is 99.8 Å². The van der Waals surface area contributed by atoms with Crippen LogP contribution in [-0.2, 0) is 23.2 Å². The van der Waals surface area contributed by atoms with Gasteiger partial charge in [0.1, 0.15) is 0 Å². The van der Waals surface area contributed by atoms with Crippen LogP contribution in [0.4, 0.5) is 0 Å². The van der Waals surface area contributed by atoms with Gasteiger partial charge in [0.15, 0.2) is 0 Å². The minimum absolute atomic E-state index is 0. The molecule has 0 unspecified atom stereocenters. The Labute approximate surface area is 197 Å². The second-order valence-electron chi connectivity index (χ2n) is 7.06. The van der Waals surface area contributed by atoms with Crippen molar-refractivity contribution >= 4 is 11.1 Å². The van der Waals surface area contributed by atoms with Gasteiger partial charge < -0.3 is 24.8 Å². The van der Waals surface area contributed by atoms with E-state index in [9.17, 15) is 0 Å². The standard InChI is InChI=1S/2C13H11.2ClH.Zr/c2*1-10-8-11(2)13(9-10)12-6-4-3-5-7-12;;;/h2*3-8H,1H2,2H3;2*1H;/q;;;;+2/p-2. The maximum absolute atomic E-state index is 4.38. The van der Waals surface area contributed by atoms with Crippen LogP contribution in [-0.4, -0.2) is 0 Å². The quantitative estimate of drug-likeness (QED) is 0.591. The molecule has 0 spiro atoms. The third-order valence-electron chi connectivity index (χ3n) is 5.09. The SMILES string of the molecule is C=C1C=C(C)C(c2ccccc2)=[C]1[Zr+2][C]1=C(c2ccccc2)C(C)=CC1=C.[Cl-].[Cl-]. The second kappa shape index (κ2) is 9.90. The van der Waals surface area contributed by atoms with Crippen molar-refractivity contribution in [3.05, 3.63) is 126 Å². The van der Waals surface area contributed by atoms with Crippen molar-refractivity contribution < 1.29 is 48.0 Å². The predicted molar refractivity (Wildman–Crippen MR) is 113 cm³/mol. The summed E-state index contributed by atoms with van der Waals surface area (Å²) in [4.78, 5) is 0. The Balaban J connectivity index is 0.00000150. The van der Waals surface area contributed by atoms with Gasteiger partial charge in [-0.15, -0.1) is 0 Å². The fourth-order valence-electron chi connectivity index (χ4n) is 3.89. The van der Waals surface area contributed by atoms with Gasteiger partial charge in [0.25, 0.3) is 0 Å². The molecule has 2 aromatic carbocycles. The molecule has 2 aliphatic carbocycles. The number of halogens is 2. The molecule has 0 aromatic heterocycles. The summed E-state index contributed by atoms with van der Waals surface area (Å²) in [6.07, 6.45) is 4.50. The third kappa shape index (κ3) is 4.59. The third-order valence-corrected chi connectivity index (χ3v) is 9.12. The van der Waals surface area contributed by atoms with Crippen LogP contribution >= 0.6 is 0 Å². The van der Waals surface area contributed by atoms with Crippen molar-refractivity contribution in [2.75, 3.05) is 0 Å². The topological polar surface area (TPSA) is 0 Å². The zero-order chi connectivity index (χ0) is 19.0. The van der Waals surface area contributed by atoms with Crippen LogP contribution in [0.3, 0.4) is 0 Å². The van der Waals surface area contributed by atoms with E-state index in [1.807, 2.05) is 0 Å². The van der Waals surface area contributed by atoms with Crippen molar-refractivity contribution in [3.8, 4) is 0 Å². The molecule has 0 fully saturated rings. The van der Waals surface area contributed by atoms with Gasteiger partial charge in [-0.25, -0.2) is 0 Å². The van der Waals surface area contributed by atoms with Crippen molar-refractivity contribution in [2.45, 2.75) is 13.8 Å². The molecular weight excluding hydrogens is 474 g/mol. The molecule has 29 heavy (non-hydrogen) atoms. The fraction of sp³-hybridized carbons (Fsp3) is 0.0769. The van der Waals surface area contributed by atoms with Crippen molar-refractivity contribution in [1.29, 1.82) is 0 Å². The number of allylic oxidation sites excluding steroid dienone is 10. The Morgan fingerprint density at radius 3 is 1.28 bits per heavy atom. The summed E-state index contributed by atoms with van der Waals surface area (Å²) in [5, 5.41) is 0. The Morgan fingerprint density at radius 1 is 0.586 bits per heavy atom. The molecule has 0 N–H and O–H groups in total. The zero-order valence-corrected chi connectivity index (χ0v) is 20.6. The molecule has 0 heterocycles. The van der Waals surface area contributed by atoms with Gasteiger partial charge in [0.2, 0.25) is 0 Å². The van der Waals surface area contributed by atoms with Crippen LogP contribution in [0.2, 0.25) is 0 Å². The summed E-state index contributed by atoms with van der Waals surface area (Å²) in [6, 6.07) is 21.5. The number of rotatable bonds is 4. The molecule has 0 radical (unpaired) electrons. The molecular formula is C26H22Cl2Zr. The molecule has 4 rings (SSSR count). The van der Waals surface area contributed by atoms with E-state index in [0.717, 1.165) is 0 Å². The van der Waals surface area contributed by atoms with Gasteiger partial charge in [0, 0.05) is 0 Å². The molecule has 0 aliphatic heterocycles. The Hall–Kier alpha value is -1.66. The van der Waals surface area contributed by atoms with Crippen molar-refractivity contribution in [1.82, 2.24) is 0 Å². The van der Waals surface area contributed by atoms with Crippen LogP contribution < -0.4 is 24.8 Å². The first kappa shape index (κ1) is 23.6. The van der Waals surface area contributed by atoms with Crippen LogP contribution in [0.15, 0.2) is 115 Å². The number of hydrogen-bond donors (Lipinski definition) is 0. The molecule has 0 atom stereocenters. The molecule has 0 nitrogen and oxygen atoms in total. The van der Waals surface area contributed by atoms with Crippen LogP contribution in [0, 0.1) is 0 Å². The molecule has 0 saturated heterocycles. The minimum atomic E-state index is -1.07. The van der Waals surface area contributed by atoms with E-state index < -0.39 is 23.2 Å². The summed E-state index contributed by atoms with van der Waals surface area (Å²) >= 11 is -1.07. The van der Waals surface area contributed by atoms with Gasteiger partial charge in [-0.2, -0.15) is 0 Å². The number of benzene rings is 2. The largest absolute Gasteiger partial charge is 1.00 e. The van der Waals surface area contributed by atoms with Gasteiger partial charge >= 0.3 is 174 Å². The van der Waals surface area contributed by atoms with E-state index in [0.29, 0.717) is 0 Å². The average Bonchev–Trinajstić information content (AvgIpc) is 3.11. The number of hydrogen-bond acceptors (Lipinski definition) is 0. The van der Waals surface area contributed by atoms with E-state index in [1.165, 1.54) is 51.1 Å². The summed E-state index contributed by atoms with van der Waals surface area (Å²) in [6.45, 7) is 13.2. The molecule has 0 saturated carbocycles. The van der Waals surface area contributed by atoms with E-state index in [4.69, 9.17) is 0 Å². The normalized spacial score (nSPS) is 15.5. The van der Waals surface area contributed by atoms with Gasteiger partial charge in [-0.05, 0) is 0 Å².